The van der Waals surface area contributed by atoms with Crippen LogP contribution >= 0.6 is 0 Å². The van der Waals surface area contributed by atoms with Crippen molar-refractivity contribution in [2.45, 2.75) is 33.2 Å². The van der Waals surface area contributed by atoms with E-state index in [-0.39, 0.29) is 0 Å². The van der Waals surface area contributed by atoms with Gasteiger partial charge in [0.05, 0.1) is 7.11 Å². The summed E-state index contributed by atoms with van der Waals surface area (Å²) >= 11 is 0. The maximum Gasteiger partial charge on any atom is 0.119 e. The van der Waals surface area contributed by atoms with Gasteiger partial charge in [-0.15, -0.1) is 0 Å². The Hall–Kier alpha value is -1.48. The molecule has 0 unspecified atom stereocenters. The maximum atomic E-state index is 5.26. The quantitative estimate of drug-likeness (QED) is 0.743. The molecule has 0 aliphatic carbocycles. The van der Waals surface area contributed by atoms with E-state index in [0.717, 1.165) is 31.3 Å². The second-order valence-electron chi connectivity index (χ2n) is 5.74. The number of rotatable bonds is 8. The number of methoxy groups -OCH3 is 1. The number of ether oxygens (including phenoxy) is 1. The number of benzene rings is 1. The van der Waals surface area contributed by atoms with Crippen molar-refractivity contribution in [3.63, 3.8) is 0 Å². The molecule has 3 heteroatoms. The molecule has 0 radical (unpaired) electrons. The number of nitrogens with one attached hydrogen (secondary N) is 1. The third-order valence-electron chi connectivity index (χ3n) is 3.53. The van der Waals surface area contributed by atoms with Crippen molar-refractivity contribution in [3.8, 4) is 5.75 Å². The van der Waals surface area contributed by atoms with Gasteiger partial charge in [0, 0.05) is 23.6 Å². The first-order valence-corrected chi connectivity index (χ1v) is 7.54. The number of fused-ring (bicyclic) bond motifs is 1. The zero-order valence-corrected chi connectivity index (χ0v) is 12.9. The number of aryl methyl sites for hydroxylation is 1. The van der Waals surface area contributed by atoms with Crippen molar-refractivity contribution >= 4 is 10.9 Å². The highest BCUT2D eigenvalue weighted by Crippen LogP contribution is 2.22. The Bertz CT molecular complexity index is 531. The van der Waals surface area contributed by atoms with E-state index in [1.807, 2.05) is 6.07 Å². The summed E-state index contributed by atoms with van der Waals surface area (Å²) in [6, 6.07) is 8.43. The first kappa shape index (κ1) is 14.9. The highest BCUT2D eigenvalue weighted by Gasteiger charge is 2.02. The van der Waals surface area contributed by atoms with E-state index in [1.165, 1.54) is 23.7 Å². The standard InChI is InChI=1S/C17H26N2O/c1-14(2)13-18-9-4-5-10-19-11-8-15-12-16(20-3)6-7-17(15)19/h6-8,11-12,14,18H,4-5,9-10,13H2,1-3H3. The second-order valence-corrected chi connectivity index (χ2v) is 5.74. The topological polar surface area (TPSA) is 26.2 Å². The van der Waals surface area contributed by atoms with Gasteiger partial charge < -0.3 is 14.6 Å². The highest BCUT2D eigenvalue weighted by atomic mass is 16.5. The molecule has 0 atom stereocenters. The van der Waals surface area contributed by atoms with Crippen molar-refractivity contribution in [1.82, 2.24) is 9.88 Å². The molecule has 0 amide bonds. The van der Waals surface area contributed by atoms with Crippen LogP contribution in [0.3, 0.4) is 0 Å². The fourth-order valence-corrected chi connectivity index (χ4v) is 2.42. The van der Waals surface area contributed by atoms with Crippen LogP contribution in [0.5, 0.6) is 5.75 Å². The highest BCUT2D eigenvalue weighted by molar-refractivity contribution is 5.81. The molecule has 1 aromatic carbocycles. The van der Waals surface area contributed by atoms with Crippen LogP contribution in [0.4, 0.5) is 0 Å². The third-order valence-corrected chi connectivity index (χ3v) is 3.53. The van der Waals surface area contributed by atoms with Crippen LogP contribution in [-0.2, 0) is 6.54 Å². The van der Waals surface area contributed by atoms with Crippen molar-refractivity contribution in [3.05, 3.63) is 30.5 Å². The Morgan fingerprint density at radius 2 is 2.05 bits per heavy atom. The molecule has 0 saturated carbocycles. The molecule has 0 aliphatic rings. The second kappa shape index (κ2) is 7.34. The summed E-state index contributed by atoms with van der Waals surface area (Å²) in [4.78, 5) is 0. The van der Waals surface area contributed by atoms with E-state index in [2.05, 4.69) is 48.1 Å². The summed E-state index contributed by atoms with van der Waals surface area (Å²) in [6.45, 7) is 7.80. The summed E-state index contributed by atoms with van der Waals surface area (Å²) in [7, 11) is 1.71. The van der Waals surface area contributed by atoms with Crippen LogP contribution in [-0.4, -0.2) is 24.8 Å². The van der Waals surface area contributed by atoms with Crippen LogP contribution in [0.2, 0.25) is 0 Å². The molecule has 1 heterocycles. The van der Waals surface area contributed by atoms with Gasteiger partial charge in [0.2, 0.25) is 0 Å². The molecule has 20 heavy (non-hydrogen) atoms. The van der Waals surface area contributed by atoms with Gasteiger partial charge in [-0.25, -0.2) is 0 Å². The minimum Gasteiger partial charge on any atom is -0.497 e. The molecule has 110 valence electrons. The summed E-state index contributed by atoms with van der Waals surface area (Å²) in [5.41, 5.74) is 1.29. The maximum absolute atomic E-state index is 5.26. The zero-order valence-electron chi connectivity index (χ0n) is 12.9. The first-order chi connectivity index (χ1) is 9.70. The van der Waals surface area contributed by atoms with E-state index in [9.17, 15) is 0 Å². The smallest absolute Gasteiger partial charge is 0.119 e. The van der Waals surface area contributed by atoms with Gasteiger partial charge in [0.25, 0.3) is 0 Å². The van der Waals surface area contributed by atoms with Crippen LogP contribution < -0.4 is 10.1 Å². The molecule has 1 N–H and O–H groups in total. The van der Waals surface area contributed by atoms with Gasteiger partial charge in [-0.2, -0.15) is 0 Å². The number of nitrogens with zero attached hydrogens (tertiary/aromatic N) is 1. The lowest BCUT2D eigenvalue weighted by Gasteiger charge is -2.08. The lowest BCUT2D eigenvalue weighted by Crippen LogP contribution is -2.20. The summed E-state index contributed by atoms with van der Waals surface area (Å²) in [6.07, 6.45) is 4.61. The minimum absolute atomic E-state index is 0.735. The SMILES string of the molecule is COc1ccc2c(ccn2CCCCNCC(C)C)c1. The van der Waals surface area contributed by atoms with Gasteiger partial charge in [-0.05, 0) is 56.1 Å². The average molecular weight is 274 g/mol. The largest absolute Gasteiger partial charge is 0.497 e. The predicted molar refractivity (Wildman–Crippen MR) is 85.4 cm³/mol. The van der Waals surface area contributed by atoms with Gasteiger partial charge in [0.1, 0.15) is 5.75 Å². The molecule has 0 aliphatic heterocycles. The molecule has 2 aromatic rings. The van der Waals surface area contributed by atoms with Crippen molar-refractivity contribution in [1.29, 1.82) is 0 Å². The predicted octanol–water partition coefficient (Wildman–Crippen LogP) is 3.68. The van der Waals surface area contributed by atoms with Gasteiger partial charge in [-0.1, -0.05) is 13.8 Å². The monoisotopic (exact) mass is 274 g/mol. The molecule has 0 spiro atoms. The number of hydrogen-bond donors (Lipinski definition) is 1. The zero-order chi connectivity index (χ0) is 14.4. The number of hydrogen-bond acceptors (Lipinski definition) is 2. The molecular formula is C17H26N2O. The van der Waals surface area contributed by atoms with E-state index < -0.39 is 0 Å². The molecule has 3 nitrogen and oxygen atoms in total. The minimum atomic E-state index is 0.735. The fourth-order valence-electron chi connectivity index (χ4n) is 2.42. The van der Waals surface area contributed by atoms with Crippen molar-refractivity contribution in [2.75, 3.05) is 20.2 Å². The van der Waals surface area contributed by atoms with E-state index >= 15 is 0 Å². The summed E-state index contributed by atoms with van der Waals surface area (Å²) in [5.74, 6) is 1.66. The molecule has 2 rings (SSSR count). The Morgan fingerprint density at radius 3 is 2.80 bits per heavy atom. The third kappa shape index (κ3) is 4.01. The lowest BCUT2D eigenvalue weighted by atomic mass is 10.2. The Labute approximate surface area is 121 Å². The lowest BCUT2D eigenvalue weighted by molar-refractivity contribution is 0.415. The van der Waals surface area contributed by atoms with Crippen molar-refractivity contribution in [2.24, 2.45) is 5.92 Å². The number of aromatic nitrogens is 1. The summed E-state index contributed by atoms with van der Waals surface area (Å²) in [5, 5.41) is 4.74. The molecule has 0 bridgehead atoms. The first-order valence-electron chi connectivity index (χ1n) is 7.54. The van der Waals surface area contributed by atoms with Gasteiger partial charge >= 0.3 is 0 Å². The van der Waals surface area contributed by atoms with Crippen LogP contribution in [0.15, 0.2) is 30.5 Å². The van der Waals surface area contributed by atoms with Crippen molar-refractivity contribution < 1.29 is 4.74 Å². The molecular weight excluding hydrogens is 248 g/mol. The van der Waals surface area contributed by atoms with E-state index in [4.69, 9.17) is 4.74 Å². The number of unbranched alkanes of at least 4 members (excludes halogenated alkanes) is 1. The van der Waals surface area contributed by atoms with Crippen LogP contribution in [0.25, 0.3) is 10.9 Å². The Balaban J connectivity index is 1.81. The molecule has 1 aromatic heterocycles. The van der Waals surface area contributed by atoms with Gasteiger partial charge in [-0.3, -0.25) is 0 Å². The Kier molecular flexibility index (Phi) is 5.48. The van der Waals surface area contributed by atoms with Crippen LogP contribution in [0, 0.1) is 5.92 Å². The molecule has 0 saturated heterocycles. The van der Waals surface area contributed by atoms with Crippen LogP contribution in [0.1, 0.15) is 26.7 Å². The summed E-state index contributed by atoms with van der Waals surface area (Å²) < 4.78 is 7.59. The van der Waals surface area contributed by atoms with E-state index in [1.54, 1.807) is 7.11 Å². The normalized spacial score (nSPS) is 11.4. The fraction of sp³-hybridized carbons (Fsp3) is 0.529. The van der Waals surface area contributed by atoms with E-state index in [0.29, 0.717) is 0 Å². The molecule has 0 fully saturated rings. The average Bonchev–Trinajstić information content (AvgIpc) is 2.84. The Morgan fingerprint density at radius 1 is 1.20 bits per heavy atom. The van der Waals surface area contributed by atoms with Gasteiger partial charge in [0.15, 0.2) is 0 Å².